The fraction of sp³-hybridized carbons (Fsp3) is 0.308. The summed E-state index contributed by atoms with van der Waals surface area (Å²) in [6.45, 7) is 0. The number of methoxy groups -OCH3 is 1. The number of esters is 1. The van der Waals surface area contributed by atoms with Gasteiger partial charge in [-0.05, 0) is 24.6 Å². The predicted molar refractivity (Wildman–Crippen MR) is 72.0 cm³/mol. The molecule has 1 saturated heterocycles. The number of nitrogen functional groups attached to an aromatic ring is 1. The Morgan fingerprint density at radius 3 is 2.85 bits per heavy atom. The molecule has 1 unspecified atom stereocenters. The van der Waals surface area contributed by atoms with Crippen molar-refractivity contribution in [3.05, 3.63) is 23.8 Å². The molecule has 2 amide bonds. The van der Waals surface area contributed by atoms with Crippen LogP contribution in [0.1, 0.15) is 23.2 Å². The van der Waals surface area contributed by atoms with Crippen LogP contribution in [0.25, 0.3) is 0 Å². The third-order valence-electron chi connectivity index (χ3n) is 3.04. The number of nitrogens with two attached hydrogens (primary N) is 1. The summed E-state index contributed by atoms with van der Waals surface area (Å²) < 4.78 is 4.63. The number of rotatable bonds is 3. The lowest BCUT2D eigenvalue weighted by Crippen LogP contribution is -2.47. The highest BCUT2D eigenvalue weighted by atomic mass is 16.5. The van der Waals surface area contributed by atoms with Crippen molar-refractivity contribution in [3.8, 4) is 0 Å². The lowest BCUT2D eigenvalue weighted by Gasteiger charge is -2.23. The zero-order chi connectivity index (χ0) is 14.7. The Morgan fingerprint density at radius 2 is 2.20 bits per heavy atom. The molecule has 2 rings (SSSR count). The largest absolute Gasteiger partial charge is 0.465 e. The summed E-state index contributed by atoms with van der Waals surface area (Å²) in [5.41, 5.74) is 6.78. The van der Waals surface area contributed by atoms with Gasteiger partial charge in [0.15, 0.2) is 0 Å². The maximum Gasteiger partial charge on any atom is 0.340 e. The van der Waals surface area contributed by atoms with Crippen LogP contribution in [0.3, 0.4) is 0 Å². The molecule has 0 saturated carbocycles. The second kappa shape index (κ2) is 5.60. The Kier molecular flexibility index (Phi) is 3.88. The van der Waals surface area contributed by atoms with E-state index >= 15 is 0 Å². The van der Waals surface area contributed by atoms with Gasteiger partial charge in [0.25, 0.3) is 0 Å². The number of benzene rings is 1. The molecular weight excluding hydrogens is 262 g/mol. The van der Waals surface area contributed by atoms with E-state index in [4.69, 9.17) is 5.73 Å². The zero-order valence-corrected chi connectivity index (χ0v) is 10.9. The van der Waals surface area contributed by atoms with Gasteiger partial charge in [-0.1, -0.05) is 0 Å². The molecule has 7 heteroatoms. The third kappa shape index (κ3) is 2.87. The van der Waals surface area contributed by atoms with Crippen molar-refractivity contribution in [2.75, 3.05) is 18.2 Å². The summed E-state index contributed by atoms with van der Waals surface area (Å²) >= 11 is 0. The first-order valence-corrected chi connectivity index (χ1v) is 6.09. The number of piperidine rings is 1. The minimum absolute atomic E-state index is 0.227. The van der Waals surface area contributed by atoms with E-state index < -0.39 is 12.0 Å². The molecule has 7 nitrogen and oxygen atoms in total. The van der Waals surface area contributed by atoms with Crippen LogP contribution in [-0.2, 0) is 14.3 Å². The van der Waals surface area contributed by atoms with Crippen molar-refractivity contribution in [1.29, 1.82) is 0 Å². The summed E-state index contributed by atoms with van der Waals surface area (Å²) in [6, 6.07) is 4.22. The second-order valence-corrected chi connectivity index (χ2v) is 4.44. The molecule has 1 aliphatic heterocycles. The monoisotopic (exact) mass is 277 g/mol. The topological polar surface area (TPSA) is 111 Å². The lowest BCUT2D eigenvalue weighted by molar-refractivity contribution is -0.133. The fourth-order valence-corrected chi connectivity index (χ4v) is 1.97. The summed E-state index contributed by atoms with van der Waals surface area (Å²) in [5.74, 6) is -1.20. The van der Waals surface area contributed by atoms with Crippen LogP contribution >= 0.6 is 0 Å². The van der Waals surface area contributed by atoms with Gasteiger partial charge in [-0.3, -0.25) is 14.9 Å². The van der Waals surface area contributed by atoms with Crippen molar-refractivity contribution in [1.82, 2.24) is 5.32 Å². The number of carbonyl (C=O) groups excluding carboxylic acids is 3. The first-order valence-electron chi connectivity index (χ1n) is 6.09. The molecule has 0 bridgehead atoms. The normalized spacial score (nSPS) is 18.4. The number of ether oxygens (including phenoxy) is 1. The average molecular weight is 277 g/mol. The highest BCUT2D eigenvalue weighted by Gasteiger charge is 2.26. The van der Waals surface area contributed by atoms with E-state index in [0.29, 0.717) is 17.8 Å². The maximum atomic E-state index is 11.6. The summed E-state index contributed by atoms with van der Waals surface area (Å²) in [4.78, 5) is 34.2. The van der Waals surface area contributed by atoms with Crippen molar-refractivity contribution >= 4 is 29.2 Å². The first-order chi connectivity index (χ1) is 9.51. The van der Waals surface area contributed by atoms with Crippen LogP contribution in [0.4, 0.5) is 11.4 Å². The summed E-state index contributed by atoms with van der Waals surface area (Å²) in [5, 5.41) is 5.22. The molecular formula is C13H15N3O4. The number of carbonyl (C=O) groups is 3. The molecule has 1 aliphatic rings. The van der Waals surface area contributed by atoms with Gasteiger partial charge in [0, 0.05) is 17.8 Å². The molecule has 0 aromatic heterocycles. The highest BCUT2D eigenvalue weighted by Crippen LogP contribution is 2.20. The van der Waals surface area contributed by atoms with Crippen LogP contribution in [0, 0.1) is 0 Å². The van der Waals surface area contributed by atoms with Crippen molar-refractivity contribution < 1.29 is 19.1 Å². The molecule has 1 atom stereocenters. The number of imide groups is 1. The highest BCUT2D eigenvalue weighted by molar-refractivity contribution is 6.01. The van der Waals surface area contributed by atoms with Gasteiger partial charge in [0.1, 0.15) is 6.04 Å². The quantitative estimate of drug-likeness (QED) is 0.415. The molecule has 0 radical (unpaired) electrons. The Balaban J connectivity index is 2.16. The number of amides is 2. The van der Waals surface area contributed by atoms with E-state index in [0.717, 1.165) is 0 Å². The molecule has 4 N–H and O–H groups in total. The average Bonchev–Trinajstić information content (AvgIpc) is 2.43. The number of anilines is 2. The van der Waals surface area contributed by atoms with E-state index in [-0.39, 0.29) is 23.8 Å². The Morgan fingerprint density at radius 1 is 1.45 bits per heavy atom. The van der Waals surface area contributed by atoms with Crippen LogP contribution in [0.15, 0.2) is 18.2 Å². The van der Waals surface area contributed by atoms with Crippen molar-refractivity contribution in [2.24, 2.45) is 0 Å². The molecule has 0 spiro atoms. The molecule has 1 aromatic carbocycles. The fourth-order valence-electron chi connectivity index (χ4n) is 1.97. The van der Waals surface area contributed by atoms with Crippen LogP contribution in [0.5, 0.6) is 0 Å². The molecule has 1 heterocycles. The smallest absolute Gasteiger partial charge is 0.340 e. The minimum Gasteiger partial charge on any atom is -0.465 e. The standard InChI is InChI=1S/C13H15N3O4/c1-20-13(19)8-6-7(2-3-9(8)14)15-10-4-5-11(17)16-12(10)18/h2-3,6,10,15H,4-5,14H2,1H3,(H,16,17,18). The predicted octanol–water partition coefficient (Wildman–Crippen LogP) is 0.272. The summed E-state index contributed by atoms with van der Waals surface area (Å²) in [6.07, 6.45) is 0.685. The Hall–Kier alpha value is -2.57. The number of hydrogen-bond acceptors (Lipinski definition) is 6. The molecule has 1 aromatic rings. The minimum atomic E-state index is -0.547. The first kappa shape index (κ1) is 13.9. The third-order valence-corrected chi connectivity index (χ3v) is 3.04. The number of nitrogens with one attached hydrogen (secondary N) is 2. The van der Waals surface area contributed by atoms with Crippen LogP contribution < -0.4 is 16.4 Å². The van der Waals surface area contributed by atoms with Gasteiger partial charge in [-0.2, -0.15) is 0 Å². The molecule has 1 fully saturated rings. The van der Waals surface area contributed by atoms with E-state index in [1.54, 1.807) is 12.1 Å². The van der Waals surface area contributed by atoms with Gasteiger partial charge >= 0.3 is 5.97 Å². The van der Waals surface area contributed by atoms with E-state index in [2.05, 4.69) is 15.4 Å². The van der Waals surface area contributed by atoms with Gasteiger partial charge in [-0.25, -0.2) is 4.79 Å². The maximum absolute atomic E-state index is 11.6. The van der Waals surface area contributed by atoms with Crippen LogP contribution in [0.2, 0.25) is 0 Å². The Bertz CT molecular complexity index is 571. The summed E-state index contributed by atoms with van der Waals surface area (Å²) in [7, 11) is 1.27. The molecule has 20 heavy (non-hydrogen) atoms. The van der Waals surface area contributed by atoms with Gasteiger partial charge in [-0.15, -0.1) is 0 Å². The molecule has 106 valence electrons. The van der Waals surface area contributed by atoms with Crippen molar-refractivity contribution in [3.63, 3.8) is 0 Å². The van der Waals surface area contributed by atoms with Gasteiger partial charge in [0.05, 0.1) is 12.7 Å². The van der Waals surface area contributed by atoms with E-state index in [1.165, 1.54) is 13.2 Å². The number of hydrogen-bond donors (Lipinski definition) is 3. The van der Waals surface area contributed by atoms with Gasteiger partial charge in [0.2, 0.25) is 11.8 Å². The van der Waals surface area contributed by atoms with E-state index in [9.17, 15) is 14.4 Å². The SMILES string of the molecule is COC(=O)c1cc(NC2CCC(=O)NC2=O)ccc1N. The lowest BCUT2D eigenvalue weighted by atomic mass is 10.1. The Labute approximate surface area is 115 Å². The second-order valence-electron chi connectivity index (χ2n) is 4.44. The van der Waals surface area contributed by atoms with Gasteiger partial charge < -0.3 is 15.8 Å². The van der Waals surface area contributed by atoms with Crippen LogP contribution in [-0.4, -0.2) is 30.9 Å². The molecule has 0 aliphatic carbocycles. The van der Waals surface area contributed by atoms with E-state index in [1.807, 2.05) is 0 Å². The van der Waals surface area contributed by atoms with Crippen molar-refractivity contribution in [2.45, 2.75) is 18.9 Å². The zero-order valence-electron chi connectivity index (χ0n) is 10.9.